The zero-order valence-electron chi connectivity index (χ0n) is 12.7. The fourth-order valence-corrected chi connectivity index (χ4v) is 3.05. The summed E-state index contributed by atoms with van der Waals surface area (Å²) in [6, 6.07) is 1.23. The number of carbonyl (C=O) groups is 4. The Labute approximate surface area is 132 Å². The van der Waals surface area contributed by atoms with Gasteiger partial charge in [0, 0.05) is 18.5 Å². The monoisotopic (exact) mass is 323 g/mol. The first-order valence-corrected chi connectivity index (χ1v) is 7.69. The summed E-state index contributed by atoms with van der Waals surface area (Å²) in [6.07, 6.45) is 0. The van der Waals surface area contributed by atoms with Gasteiger partial charge in [-0.25, -0.2) is 9.69 Å². The van der Waals surface area contributed by atoms with Crippen LogP contribution in [0.15, 0.2) is 11.4 Å². The summed E-state index contributed by atoms with van der Waals surface area (Å²) < 4.78 is 0. The molecule has 1 aliphatic heterocycles. The Bertz CT molecular complexity index is 640. The molecule has 0 atom stereocenters. The smallest absolute Gasteiger partial charge is 0.334 e. The van der Waals surface area contributed by atoms with Crippen molar-refractivity contribution in [3.05, 3.63) is 21.9 Å². The molecular weight excluding hydrogens is 306 g/mol. The van der Waals surface area contributed by atoms with Crippen molar-refractivity contribution in [1.29, 1.82) is 0 Å². The maximum absolute atomic E-state index is 12.2. The van der Waals surface area contributed by atoms with Gasteiger partial charge >= 0.3 is 17.8 Å². The summed E-state index contributed by atoms with van der Waals surface area (Å²) >= 11 is 1.54. The molecule has 0 saturated carbocycles. The van der Waals surface area contributed by atoms with Gasteiger partial charge in [0.1, 0.15) is 6.54 Å². The summed E-state index contributed by atoms with van der Waals surface area (Å²) in [4.78, 5) is 51.5. The number of imide groups is 2. The Morgan fingerprint density at radius 2 is 1.86 bits per heavy atom. The molecule has 7 nitrogen and oxygen atoms in total. The van der Waals surface area contributed by atoms with Crippen molar-refractivity contribution >= 4 is 35.1 Å². The molecule has 1 aromatic rings. The van der Waals surface area contributed by atoms with Crippen LogP contribution in [0, 0.1) is 6.92 Å². The molecule has 5 amide bonds. The van der Waals surface area contributed by atoms with E-state index in [0.717, 1.165) is 15.3 Å². The number of hydrogen-bond acceptors (Lipinski definition) is 5. The van der Waals surface area contributed by atoms with Crippen molar-refractivity contribution in [2.24, 2.45) is 0 Å². The maximum Gasteiger partial charge on any atom is 0.334 e. The van der Waals surface area contributed by atoms with E-state index in [-0.39, 0.29) is 12.5 Å². The normalized spacial score (nSPS) is 15.0. The molecule has 1 aromatic heterocycles. The summed E-state index contributed by atoms with van der Waals surface area (Å²) in [5.74, 6) is -2.21. The lowest BCUT2D eigenvalue weighted by atomic mass is 10.3. The van der Waals surface area contributed by atoms with E-state index in [4.69, 9.17) is 0 Å². The number of aryl methyl sites for hydroxylation is 1. The third kappa shape index (κ3) is 2.87. The number of urea groups is 1. The third-order valence-corrected chi connectivity index (χ3v) is 4.53. The maximum atomic E-state index is 12.2. The Morgan fingerprint density at radius 1 is 1.23 bits per heavy atom. The Balaban J connectivity index is 2.02. The molecule has 0 bridgehead atoms. The highest BCUT2D eigenvalue weighted by atomic mass is 32.1. The predicted molar refractivity (Wildman–Crippen MR) is 80.0 cm³/mol. The molecule has 2 rings (SSSR count). The molecule has 0 N–H and O–H groups in total. The van der Waals surface area contributed by atoms with Crippen LogP contribution < -0.4 is 0 Å². The van der Waals surface area contributed by atoms with Gasteiger partial charge in [0.05, 0.1) is 6.54 Å². The van der Waals surface area contributed by atoms with Crippen molar-refractivity contribution in [2.75, 3.05) is 20.1 Å². The number of thiophene rings is 1. The molecule has 118 valence electrons. The number of carbonyl (C=O) groups excluding carboxylic acids is 4. The van der Waals surface area contributed by atoms with Gasteiger partial charge in [-0.05, 0) is 30.9 Å². The molecule has 22 heavy (non-hydrogen) atoms. The van der Waals surface area contributed by atoms with Gasteiger partial charge in [-0.2, -0.15) is 0 Å². The van der Waals surface area contributed by atoms with Crippen LogP contribution in [0.25, 0.3) is 0 Å². The highest BCUT2D eigenvalue weighted by molar-refractivity contribution is 7.10. The molecule has 2 heterocycles. The lowest BCUT2D eigenvalue weighted by Gasteiger charge is -2.20. The standard InChI is InChI=1S/C14H17N3O4S/c1-4-16-12(19)13(20)17(14(16)21)8-11(18)15(3)7-10-9(2)5-6-22-10/h5-6H,4,7-8H2,1-3H3. The third-order valence-electron chi connectivity index (χ3n) is 3.52. The summed E-state index contributed by atoms with van der Waals surface area (Å²) in [7, 11) is 1.60. The molecule has 1 fully saturated rings. The van der Waals surface area contributed by atoms with E-state index in [9.17, 15) is 19.2 Å². The molecule has 0 spiro atoms. The number of hydrogen-bond donors (Lipinski definition) is 0. The molecule has 0 aliphatic carbocycles. The SMILES string of the molecule is CCN1C(=O)C(=O)N(CC(=O)N(C)Cc2sccc2C)C1=O. The van der Waals surface area contributed by atoms with E-state index in [1.807, 2.05) is 18.4 Å². The fourth-order valence-electron chi connectivity index (χ4n) is 2.09. The van der Waals surface area contributed by atoms with E-state index in [0.29, 0.717) is 11.4 Å². The van der Waals surface area contributed by atoms with Crippen LogP contribution in [0.4, 0.5) is 4.79 Å². The van der Waals surface area contributed by atoms with E-state index in [2.05, 4.69) is 0 Å². The molecule has 1 saturated heterocycles. The van der Waals surface area contributed by atoms with Gasteiger partial charge in [-0.1, -0.05) is 0 Å². The van der Waals surface area contributed by atoms with E-state index in [1.54, 1.807) is 14.0 Å². The van der Waals surface area contributed by atoms with Crippen LogP contribution >= 0.6 is 11.3 Å². The van der Waals surface area contributed by atoms with E-state index in [1.165, 1.54) is 16.2 Å². The van der Waals surface area contributed by atoms with Gasteiger partial charge in [0.25, 0.3) is 0 Å². The van der Waals surface area contributed by atoms with Gasteiger partial charge < -0.3 is 4.90 Å². The highest BCUT2D eigenvalue weighted by Crippen LogP contribution is 2.18. The molecule has 0 aromatic carbocycles. The van der Waals surface area contributed by atoms with Crippen LogP contribution in [0.5, 0.6) is 0 Å². The predicted octanol–water partition coefficient (Wildman–Crippen LogP) is 0.826. The summed E-state index contributed by atoms with van der Waals surface area (Å²) in [5, 5.41) is 1.94. The van der Waals surface area contributed by atoms with Gasteiger partial charge in [-0.3, -0.25) is 19.3 Å². The van der Waals surface area contributed by atoms with E-state index < -0.39 is 24.4 Å². The van der Waals surface area contributed by atoms with Crippen LogP contribution in [0.3, 0.4) is 0 Å². The van der Waals surface area contributed by atoms with E-state index >= 15 is 0 Å². The van der Waals surface area contributed by atoms with Gasteiger partial charge in [0.15, 0.2) is 0 Å². The minimum absolute atomic E-state index is 0.109. The minimum atomic E-state index is -0.944. The minimum Gasteiger partial charge on any atom is -0.339 e. The first-order valence-electron chi connectivity index (χ1n) is 6.81. The first kappa shape index (κ1) is 16.2. The van der Waals surface area contributed by atoms with Crippen molar-refractivity contribution < 1.29 is 19.2 Å². The second kappa shape index (κ2) is 6.27. The topological polar surface area (TPSA) is 78.0 Å². The van der Waals surface area contributed by atoms with Crippen LogP contribution in [0.2, 0.25) is 0 Å². The fraction of sp³-hybridized carbons (Fsp3) is 0.429. The van der Waals surface area contributed by atoms with Crippen LogP contribution in [0.1, 0.15) is 17.4 Å². The molecule has 0 unspecified atom stereocenters. The second-order valence-electron chi connectivity index (χ2n) is 5.00. The molecule has 0 radical (unpaired) electrons. The van der Waals surface area contributed by atoms with Crippen molar-refractivity contribution in [1.82, 2.24) is 14.7 Å². The first-order chi connectivity index (χ1) is 10.4. The molecule has 1 aliphatic rings. The number of amides is 5. The van der Waals surface area contributed by atoms with Gasteiger partial charge in [-0.15, -0.1) is 11.3 Å². The van der Waals surface area contributed by atoms with Gasteiger partial charge in [0.2, 0.25) is 5.91 Å². The zero-order valence-corrected chi connectivity index (χ0v) is 13.5. The average Bonchev–Trinajstić information content (AvgIpc) is 2.96. The zero-order chi connectivity index (χ0) is 16.4. The Hall–Kier alpha value is -2.22. The van der Waals surface area contributed by atoms with Crippen molar-refractivity contribution in [2.45, 2.75) is 20.4 Å². The lowest BCUT2D eigenvalue weighted by molar-refractivity contribution is -0.144. The highest BCUT2D eigenvalue weighted by Gasteiger charge is 2.44. The Kier molecular flexibility index (Phi) is 4.60. The largest absolute Gasteiger partial charge is 0.339 e. The number of nitrogens with zero attached hydrogens (tertiary/aromatic N) is 3. The number of rotatable bonds is 5. The average molecular weight is 323 g/mol. The van der Waals surface area contributed by atoms with Crippen LogP contribution in [-0.4, -0.2) is 58.6 Å². The summed E-state index contributed by atoms with van der Waals surface area (Å²) in [6.45, 7) is 3.65. The second-order valence-corrected chi connectivity index (χ2v) is 6.00. The lowest BCUT2D eigenvalue weighted by Crippen LogP contribution is -2.41. The van der Waals surface area contributed by atoms with Crippen molar-refractivity contribution in [3.8, 4) is 0 Å². The number of likely N-dealkylation sites (N-methyl/N-ethyl adjacent to an activating group) is 2. The van der Waals surface area contributed by atoms with Crippen molar-refractivity contribution in [3.63, 3.8) is 0 Å². The molecular formula is C14H17N3O4S. The summed E-state index contributed by atoms with van der Waals surface area (Å²) in [5.41, 5.74) is 1.09. The quantitative estimate of drug-likeness (QED) is 0.594. The molecule has 8 heteroatoms. The Morgan fingerprint density at radius 3 is 2.36 bits per heavy atom. The van der Waals surface area contributed by atoms with Crippen LogP contribution in [-0.2, 0) is 20.9 Å².